The van der Waals surface area contributed by atoms with Gasteiger partial charge in [-0.2, -0.15) is 0 Å². The maximum atomic E-state index is 12.0. The van der Waals surface area contributed by atoms with E-state index in [1.165, 1.54) is 0 Å². The first-order valence-electron chi connectivity index (χ1n) is 9.95. The summed E-state index contributed by atoms with van der Waals surface area (Å²) in [6, 6.07) is 19.1. The van der Waals surface area contributed by atoms with E-state index in [4.69, 9.17) is 4.74 Å². The molecule has 0 saturated heterocycles. The number of fused-ring (bicyclic) bond motifs is 1. The first-order valence-corrected chi connectivity index (χ1v) is 9.95. The van der Waals surface area contributed by atoms with Gasteiger partial charge in [0.2, 0.25) is 0 Å². The summed E-state index contributed by atoms with van der Waals surface area (Å²) >= 11 is 0. The Morgan fingerprint density at radius 1 is 1.03 bits per heavy atom. The number of rotatable bonds is 7. The lowest BCUT2D eigenvalue weighted by molar-refractivity contribution is 0.0505. The maximum Gasteiger partial charge on any atom is 0.338 e. The van der Waals surface area contributed by atoms with E-state index < -0.39 is 0 Å². The largest absolute Gasteiger partial charge is 0.462 e. The summed E-state index contributed by atoms with van der Waals surface area (Å²) in [5, 5.41) is 1.05. The number of hydrogen-bond acceptors (Lipinski definition) is 4. The molecule has 2 aromatic carbocycles. The fourth-order valence-corrected chi connectivity index (χ4v) is 3.43. The number of pyridine rings is 1. The number of hydrogen-bond donors (Lipinski definition) is 0. The van der Waals surface area contributed by atoms with Crippen LogP contribution >= 0.6 is 0 Å². The van der Waals surface area contributed by atoms with E-state index in [0.29, 0.717) is 24.3 Å². The van der Waals surface area contributed by atoms with Gasteiger partial charge in [-0.15, -0.1) is 0 Å². The Morgan fingerprint density at radius 3 is 2.50 bits per heavy atom. The van der Waals surface area contributed by atoms with Crippen molar-refractivity contribution in [1.82, 2.24) is 9.55 Å². The van der Waals surface area contributed by atoms with Crippen LogP contribution in [0.25, 0.3) is 22.2 Å². The second kappa shape index (κ2) is 8.74. The lowest BCUT2D eigenvalue weighted by Crippen LogP contribution is -2.06. The van der Waals surface area contributed by atoms with E-state index >= 15 is 0 Å². The molecule has 4 rings (SSSR count). The molecule has 0 aliphatic heterocycles. The highest BCUT2D eigenvalue weighted by molar-refractivity contribution is 5.93. The molecule has 0 amide bonds. The molecule has 5 heteroatoms. The highest BCUT2D eigenvalue weighted by Crippen LogP contribution is 2.28. The van der Waals surface area contributed by atoms with Gasteiger partial charge in [-0.05, 0) is 47.4 Å². The number of carbonyl (C=O) groups is 2. The lowest BCUT2D eigenvalue weighted by atomic mass is 10.0. The molecule has 4 aromatic rings. The highest BCUT2D eigenvalue weighted by atomic mass is 16.5. The Kier molecular flexibility index (Phi) is 5.70. The van der Waals surface area contributed by atoms with Gasteiger partial charge in [-0.25, -0.2) is 9.78 Å². The molecule has 0 unspecified atom stereocenters. The summed E-state index contributed by atoms with van der Waals surface area (Å²) in [6.45, 7) is 3.05. The van der Waals surface area contributed by atoms with E-state index in [0.717, 1.165) is 40.4 Å². The summed E-state index contributed by atoms with van der Waals surface area (Å²) in [4.78, 5) is 27.4. The van der Waals surface area contributed by atoms with Gasteiger partial charge in [0.05, 0.1) is 12.2 Å². The SMILES string of the molecule is CCCOC(=O)c1ccc(Cn2ccc3c(-c4ccc(C=O)cc4)ccnc32)cc1. The molecule has 30 heavy (non-hydrogen) atoms. The van der Waals surface area contributed by atoms with Crippen LogP contribution in [0.15, 0.2) is 73.1 Å². The van der Waals surface area contributed by atoms with Gasteiger partial charge in [-0.1, -0.05) is 43.3 Å². The normalized spacial score (nSPS) is 10.8. The molecule has 150 valence electrons. The summed E-state index contributed by atoms with van der Waals surface area (Å²) < 4.78 is 7.26. The topological polar surface area (TPSA) is 61.2 Å². The lowest BCUT2D eigenvalue weighted by Gasteiger charge is -2.08. The van der Waals surface area contributed by atoms with Crippen molar-refractivity contribution in [3.05, 3.63) is 89.7 Å². The van der Waals surface area contributed by atoms with Crippen LogP contribution in [0.2, 0.25) is 0 Å². The minimum Gasteiger partial charge on any atom is -0.462 e. The van der Waals surface area contributed by atoms with Gasteiger partial charge in [0, 0.05) is 29.9 Å². The molecule has 0 aliphatic carbocycles. The van der Waals surface area contributed by atoms with E-state index in [-0.39, 0.29) is 5.97 Å². The molecule has 2 aromatic heterocycles. The van der Waals surface area contributed by atoms with Gasteiger partial charge in [0.15, 0.2) is 0 Å². The Bertz CT molecular complexity index is 1180. The van der Waals surface area contributed by atoms with Crippen molar-refractivity contribution < 1.29 is 14.3 Å². The Labute approximate surface area is 174 Å². The van der Waals surface area contributed by atoms with Crippen LogP contribution in [0, 0.1) is 0 Å². The summed E-state index contributed by atoms with van der Waals surface area (Å²) in [5.74, 6) is -0.290. The number of carbonyl (C=O) groups excluding carboxylic acids is 2. The second-order valence-corrected chi connectivity index (χ2v) is 7.11. The van der Waals surface area contributed by atoms with Gasteiger partial charge < -0.3 is 9.30 Å². The third kappa shape index (κ3) is 4.01. The van der Waals surface area contributed by atoms with Crippen molar-refractivity contribution in [2.75, 3.05) is 6.61 Å². The number of aldehydes is 1. The van der Waals surface area contributed by atoms with Crippen molar-refractivity contribution in [3.8, 4) is 11.1 Å². The third-order valence-corrected chi connectivity index (χ3v) is 5.00. The number of ether oxygens (including phenoxy) is 1. The van der Waals surface area contributed by atoms with Crippen molar-refractivity contribution in [2.45, 2.75) is 19.9 Å². The van der Waals surface area contributed by atoms with Crippen molar-refractivity contribution in [1.29, 1.82) is 0 Å². The number of nitrogens with zero attached hydrogens (tertiary/aromatic N) is 2. The molecule has 0 bridgehead atoms. The third-order valence-electron chi connectivity index (χ3n) is 5.00. The molecule has 0 fully saturated rings. The van der Waals surface area contributed by atoms with Crippen LogP contribution < -0.4 is 0 Å². The van der Waals surface area contributed by atoms with Crippen LogP contribution in [0.1, 0.15) is 39.6 Å². The fourth-order valence-electron chi connectivity index (χ4n) is 3.43. The van der Waals surface area contributed by atoms with Crippen LogP contribution in [0.5, 0.6) is 0 Å². The Hall–Kier alpha value is -3.73. The first kappa shape index (κ1) is 19.6. The minimum atomic E-state index is -0.290. The first-order chi connectivity index (χ1) is 14.7. The van der Waals surface area contributed by atoms with Gasteiger partial charge in [0.25, 0.3) is 0 Å². The zero-order valence-electron chi connectivity index (χ0n) is 16.7. The fraction of sp³-hybridized carbons (Fsp3) is 0.160. The van der Waals surface area contributed by atoms with E-state index in [1.807, 2.05) is 55.6 Å². The molecule has 0 radical (unpaired) electrons. The van der Waals surface area contributed by atoms with Crippen LogP contribution in [0.4, 0.5) is 0 Å². The quantitative estimate of drug-likeness (QED) is 0.320. The van der Waals surface area contributed by atoms with Gasteiger partial charge in [0.1, 0.15) is 11.9 Å². The number of benzene rings is 2. The summed E-state index contributed by atoms with van der Waals surface area (Å²) in [7, 11) is 0. The maximum absolute atomic E-state index is 12.0. The summed E-state index contributed by atoms with van der Waals surface area (Å²) in [5.41, 5.74) is 5.29. The molecule has 2 heterocycles. The average molecular weight is 398 g/mol. The van der Waals surface area contributed by atoms with E-state index in [1.54, 1.807) is 18.3 Å². The van der Waals surface area contributed by atoms with Crippen molar-refractivity contribution in [2.24, 2.45) is 0 Å². The monoisotopic (exact) mass is 398 g/mol. The van der Waals surface area contributed by atoms with Gasteiger partial charge >= 0.3 is 5.97 Å². The molecule has 0 saturated carbocycles. The second-order valence-electron chi connectivity index (χ2n) is 7.11. The zero-order valence-corrected chi connectivity index (χ0v) is 16.7. The molecule has 0 N–H and O–H groups in total. The summed E-state index contributed by atoms with van der Waals surface area (Å²) in [6.07, 6.45) is 5.47. The average Bonchev–Trinajstić information content (AvgIpc) is 3.21. The van der Waals surface area contributed by atoms with Crippen molar-refractivity contribution in [3.63, 3.8) is 0 Å². The standard InChI is InChI=1S/C25H22N2O3/c1-2-15-30-25(29)21-9-3-18(4-10-21)16-27-14-12-23-22(11-13-26-24(23)27)20-7-5-19(17-28)6-8-20/h3-14,17H,2,15-16H2,1H3. The van der Waals surface area contributed by atoms with E-state index in [9.17, 15) is 9.59 Å². The van der Waals surface area contributed by atoms with E-state index in [2.05, 4.69) is 15.6 Å². The molecule has 0 spiro atoms. The van der Waals surface area contributed by atoms with Crippen LogP contribution in [0.3, 0.4) is 0 Å². The van der Waals surface area contributed by atoms with Crippen molar-refractivity contribution >= 4 is 23.3 Å². The Morgan fingerprint density at radius 2 is 1.80 bits per heavy atom. The molecule has 0 aliphatic rings. The molecule has 5 nitrogen and oxygen atoms in total. The minimum absolute atomic E-state index is 0.290. The highest BCUT2D eigenvalue weighted by Gasteiger charge is 2.10. The van der Waals surface area contributed by atoms with Gasteiger partial charge in [-0.3, -0.25) is 4.79 Å². The predicted octanol–water partition coefficient (Wildman–Crippen LogP) is 5.13. The Balaban J connectivity index is 1.58. The number of esters is 1. The van der Waals surface area contributed by atoms with Crippen LogP contribution in [-0.2, 0) is 11.3 Å². The van der Waals surface area contributed by atoms with Crippen LogP contribution in [-0.4, -0.2) is 28.4 Å². The predicted molar refractivity (Wildman–Crippen MR) is 117 cm³/mol. The smallest absolute Gasteiger partial charge is 0.338 e. The molecular weight excluding hydrogens is 376 g/mol. The molecular formula is C25H22N2O3. The zero-order chi connectivity index (χ0) is 20.9. The number of aromatic nitrogens is 2. The molecule has 0 atom stereocenters.